The van der Waals surface area contributed by atoms with Crippen LogP contribution in [0.15, 0.2) is 18.2 Å². The van der Waals surface area contributed by atoms with Crippen LogP contribution in [0.2, 0.25) is 0 Å². The van der Waals surface area contributed by atoms with Gasteiger partial charge in [0.2, 0.25) is 0 Å². The molecule has 0 aliphatic carbocycles. The number of rotatable bonds is 6. The molecule has 0 amide bonds. The highest BCUT2D eigenvalue weighted by atomic mass is 19.4. The highest BCUT2D eigenvalue weighted by Gasteiger charge is 2.41. The van der Waals surface area contributed by atoms with Crippen LogP contribution in [-0.4, -0.2) is 37.7 Å². The average molecular weight is 319 g/mol. The largest absolute Gasteiger partial charge is 0.493 e. The zero-order valence-electron chi connectivity index (χ0n) is 12.1. The lowest BCUT2D eigenvalue weighted by Gasteiger charge is -2.14. The topological polar surface area (TPSA) is 78.6 Å². The highest BCUT2D eigenvalue weighted by Crippen LogP contribution is 2.29. The summed E-state index contributed by atoms with van der Waals surface area (Å²) in [6.45, 7) is 1.72. The lowest BCUT2D eigenvalue weighted by molar-refractivity contribution is -0.0886. The molecule has 1 aromatic rings. The first-order valence-corrected chi connectivity index (χ1v) is 6.39. The maximum Gasteiger partial charge on any atom is 0.455 e. The van der Waals surface area contributed by atoms with Crippen molar-refractivity contribution in [3.8, 4) is 5.75 Å². The fourth-order valence-electron chi connectivity index (χ4n) is 1.58. The van der Waals surface area contributed by atoms with Crippen LogP contribution in [0.4, 0.5) is 13.2 Å². The molecule has 1 rings (SSSR count). The van der Waals surface area contributed by atoms with Crippen molar-refractivity contribution in [3.05, 3.63) is 29.3 Å². The van der Waals surface area contributed by atoms with E-state index in [0.717, 1.165) is 25.3 Å². The Hall–Kier alpha value is -2.09. The molecular weight excluding hydrogens is 303 g/mol. The lowest BCUT2D eigenvalue weighted by Crippen LogP contribution is -2.24. The van der Waals surface area contributed by atoms with Crippen LogP contribution in [0.5, 0.6) is 5.75 Å². The minimum Gasteiger partial charge on any atom is -0.493 e. The van der Waals surface area contributed by atoms with Gasteiger partial charge >= 0.3 is 12.1 Å². The quantitative estimate of drug-likeness (QED) is 0.643. The van der Waals surface area contributed by atoms with Crippen LogP contribution in [0.25, 0.3) is 0 Å². The number of carbonyl (C=O) groups is 2. The number of nitrogens with two attached hydrogens (primary N) is 1. The van der Waals surface area contributed by atoms with E-state index in [1.54, 1.807) is 6.92 Å². The zero-order valence-corrected chi connectivity index (χ0v) is 12.1. The van der Waals surface area contributed by atoms with E-state index in [2.05, 4.69) is 4.74 Å². The SMILES string of the molecule is COC(=O)c1ccc(C(=O)C(F)(F)F)c(OCCC(C)N)c1. The number of Topliss-reactive ketones (excluding diaryl/α,β-unsaturated/α-hetero) is 1. The molecule has 8 heteroatoms. The van der Waals surface area contributed by atoms with Gasteiger partial charge in [0, 0.05) is 6.04 Å². The zero-order chi connectivity index (χ0) is 16.9. The molecule has 0 aromatic heterocycles. The summed E-state index contributed by atoms with van der Waals surface area (Å²) in [5.74, 6) is -3.12. The molecule has 0 heterocycles. The number of alkyl halides is 3. The Morgan fingerprint density at radius 1 is 1.32 bits per heavy atom. The predicted octanol–water partition coefficient (Wildman–Crippen LogP) is 2.33. The fraction of sp³-hybridized carbons (Fsp3) is 0.429. The molecule has 0 aliphatic rings. The van der Waals surface area contributed by atoms with Gasteiger partial charge < -0.3 is 15.2 Å². The molecule has 0 saturated heterocycles. The van der Waals surface area contributed by atoms with Gasteiger partial charge in [-0.3, -0.25) is 4.79 Å². The molecule has 0 radical (unpaired) electrons. The van der Waals surface area contributed by atoms with E-state index in [4.69, 9.17) is 10.5 Å². The molecule has 0 aliphatic heterocycles. The standard InChI is InChI=1S/C14H16F3NO4/c1-8(18)5-6-22-11-7-9(13(20)21-2)3-4-10(11)12(19)14(15,16)17/h3-4,7-8H,5-6,18H2,1-2H3. The van der Waals surface area contributed by atoms with Crippen molar-refractivity contribution in [2.45, 2.75) is 25.6 Å². The van der Waals surface area contributed by atoms with Gasteiger partial charge in [-0.05, 0) is 31.5 Å². The van der Waals surface area contributed by atoms with E-state index in [1.807, 2.05) is 0 Å². The van der Waals surface area contributed by atoms with Gasteiger partial charge in [0.25, 0.3) is 5.78 Å². The number of halogens is 3. The van der Waals surface area contributed by atoms with Crippen LogP contribution >= 0.6 is 0 Å². The summed E-state index contributed by atoms with van der Waals surface area (Å²) in [6.07, 6.45) is -4.66. The summed E-state index contributed by atoms with van der Waals surface area (Å²) in [7, 11) is 1.13. The molecule has 1 atom stereocenters. The van der Waals surface area contributed by atoms with Gasteiger partial charge in [-0.1, -0.05) is 0 Å². The summed E-state index contributed by atoms with van der Waals surface area (Å²) in [5.41, 5.74) is 4.84. The number of ether oxygens (including phenoxy) is 2. The molecule has 0 saturated carbocycles. The maximum atomic E-state index is 12.6. The number of esters is 1. The van der Waals surface area contributed by atoms with Gasteiger partial charge in [0.15, 0.2) is 0 Å². The second kappa shape index (κ2) is 7.26. The van der Waals surface area contributed by atoms with Crippen LogP contribution in [0, 0.1) is 0 Å². The normalized spacial score (nSPS) is 12.6. The monoisotopic (exact) mass is 319 g/mol. The van der Waals surface area contributed by atoms with Crippen molar-refractivity contribution in [1.82, 2.24) is 0 Å². The second-order valence-corrected chi connectivity index (χ2v) is 4.64. The van der Waals surface area contributed by atoms with Crippen molar-refractivity contribution in [2.75, 3.05) is 13.7 Å². The third-order valence-electron chi connectivity index (χ3n) is 2.74. The Bertz CT molecular complexity index is 556. The van der Waals surface area contributed by atoms with Crippen LogP contribution in [0.3, 0.4) is 0 Å². The van der Waals surface area contributed by atoms with Gasteiger partial charge in [0.1, 0.15) is 5.75 Å². The second-order valence-electron chi connectivity index (χ2n) is 4.64. The summed E-state index contributed by atoms with van der Waals surface area (Å²) in [6, 6.07) is 2.80. The Labute approximate surface area is 125 Å². The highest BCUT2D eigenvalue weighted by molar-refractivity contribution is 6.03. The lowest BCUT2D eigenvalue weighted by atomic mass is 10.1. The van der Waals surface area contributed by atoms with Crippen molar-refractivity contribution in [1.29, 1.82) is 0 Å². The first kappa shape index (κ1) is 18.0. The van der Waals surface area contributed by atoms with Gasteiger partial charge in [-0.15, -0.1) is 0 Å². The van der Waals surface area contributed by atoms with Crippen LogP contribution in [0.1, 0.15) is 34.1 Å². The van der Waals surface area contributed by atoms with E-state index >= 15 is 0 Å². The van der Waals surface area contributed by atoms with Crippen molar-refractivity contribution >= 4 is 11.8 Å². The third kappa shape index (κ3) is 4.73. The molecule has 22 heavy (non-hydrogen) atoms. The van der Waals surface area contributed by atoms with Crippen molar-refractivity contribution < 1.29 is 32.2 Å². The number of carbonyl (C=O) groups excluding carboxylic acids is 2. The first-order valence-electron chi connectivity index (χ1n) is 6.39. The van der Waals surface area contributed by atoms with Crippen molar-refractivity contribution in [3.63, 3.8) is 0 Å². The molecule has 1 unspecified atom stereocenters. The smallest absolute Gasteiger partial charge is 0.455 e. The molecule has 1 aromatic carbocycles. The molecule has 0 spiro atoms. The summed E-state index contributed by atoms with van der Waals surface area (Å²) < 4.78 is 47.4. The van der Waals surface area contributed by atoms with Gasteiger partial charge in [-0.25, -0.2) is 4.79 Å². The third-order valence-corrected chi connectivity index (χ3v) is 2.74. The Morgan fingerprint density at radius 3 is 2.45 bits per heavy atom. The van der Waals surface area contributed by atoms with Gasteiger partial charge in [0.05, 0.1) is 24.8 Å². The number of hydrogen-bond donors (Lipinski definition) is 1. The van der Waals surface area contributed by atoms with Crippen LogP contribution in [-0.2, 0) is 4.74 Å². The van der Waals surface area contributed by atoms with E-state index < -0.39 is 23.5 Å². The minimum atomic E-state index is -5.04. The van der Waals surface area contributed by atoms with Crippen molar-refractivity contribution in [2.24, 2.45) is 5.73 Å². The van der Waals surface area contributed by atoms with E-state index in [0.29, 0.717) is 6.42 Å². The molecular formula is C14H16F3NO4. The van der Waals surface area contributed by atoms with Gasteiger partial charge in [-0.2, -0.15) is 13.2 Å². The molecule has 5 nitrogen and oxygen atoms in total. The first-order chi connectivity index (χ1) is 10.2. The summed E-state index contributed by atoms with van der Waals surface area (Å²) in [4.78, 5) is 22.8. The number of methoxy groups -OCH3 is 1. The predicted molar refractivity (Wildman–Crippen MR) is 71.9 cm³/mol. The Morgan fingerprint density at radius 2 is 1.95 bits per heavy atom. The Kier molecular flexibility index (Phi) is 5.92. The molecule has 2 N–H and O–H groups in total. The minimum absolute atomic E-state index is 0.0143. The average Bonchev–Trinajstić information content (AvgIpc) is 2.44. The number of ketones is 1. The number of hydrogen-bond acceptors (Lipinski definition) is 5. The van der Waals surface area contributed by atoms with E-state index in [-0.39, 0.29) is 24.0 Å². The molecule has 122 valence electrons. The maximum absolute atomic E-state index is 12.6. The summed E-state index contributed by atoms with van der Waals surface area (Å²) in [5, 5.41) is 0. The van der Waals surface area contributed by atoms with Crippen LogP contribution < -0.4 is 10.5 Å². The molecule has 0 fully saturated rings. The van der Waals surface area contributed by atoms with E-state index in [1.165, 1.54) is 0 Å². The van der Waals surface area contributed by atoms with E-state index in [9.17, 15) is 22.8 Å². The fourth-order valence-corrected chi connectivity index (χ4v) is 1.58. The Balaban J connectivity index is 3.14. The molecule has 0 bridgehead atoms. The number of benzene rings is 1. The summed E-state index contributed by atoms with van der Waals surface area (Å²) >= 11 is 0.